The van der Waals surface area contributed by atoms with Crippen LogP contribution in [-0.4, -0.2) is 53.0 Å². The molecule has 1 saturated carbocycles. The van der Waals surface area contributed by atoms with Crippen molar-refractivity contribution >= 4 is 40.3 Å². The molecular formula is C22H28IN5O. The molecule has 0 spiro atoms. The summed E-state index contributed by atoms with van der Waals surface area (Å²) in [6, 6.07) is 10.3. The zero-order valence-electron chi connectivity index (χ0n) is 16.9. The predicted molar refractivity (Wildman–Crippen MR) is 125 cm³/mol. The molecule has 2 heterocycles. The van der Waals surface area contributed by atoms with E-state index >= 15 is 0 Å². The summed E-state index contributed by atoms with van der Waals surface area (Å²) in [6.45, 7) is 5.01. The van der Waals surface area contributed by atoms with Crippen molar-refractivity contribution in [3.8, 4) is 0 Å². The molecule has 0 atom stereocenters. The quantitative estimate of drug-likeness (QED) is 0.635. The maximum absolute atomic E-state index is 12.8. The van der Waals surface area contributed by atoms with Crippen LogP contribution in [0.4, 0.5) is 11.8 Å². The molecular weight excluding hydrogens is 477 g/mol. The third-order valence-electron chi connectivity index (χ3n) is 5.74. The fourth-order valence-electron chi connectivity index (χ4n) is 4.15. The predicted octanol–water partition coefficient (Wildman–Crippen LogP) is 4.10. The highest BCUT2D eigenvalue weighted by Gasteiger charge is 2.24. The van der Waals surface area contributed by atoms with Crippen molar-refractivity contribution in [3.05, 3.63) is 45.2 Å². The summed E-state index contributed by atoms with van der Waals surface area (Å²) in [4.78, 5) is 26.4. The van der Waals surface area contributed by atoms with E-state index < -0.39 is 0 Å². The van der Waals surface area contributed by atoms with Gasteiger partial charge in [-0.25, -0.2) is 4.98 Å². The van der Waals surface area contributed by atoms with Crippen LogP contribution in [0.25, 0.3) is 0 Å². The van der Waals surface area contributed by atoms with Crippen molar-refractivity contribution in [2.24, 2.45) is 0 Å². The number of aryl methyl sites for hydroxylation is 1. The second-order valence-corrected chi connectivity index (χ2v) is 9.21. The number of benzene rings is 1. The topological polar surface area (TPSA) is 61.4 Å². The van der Waals surface area contributed by atoms with Crippen molar-refractivity contribution in [3.63, 3.8) is 0 Å². The molecule has 1 saturated heterocycles. The lowest BCUT2D eigenvalue weighted by atomic mass is 9.96. The molecule has 6 nitrogen and oxygen atoms in total. The molecule has 1 N–H and O–H groups in total. The van der Waals surface area contributed by atoms with E-state index in [1.807, 2.05) is 42.2 Å². The Morgan fingerprint density at radius 3 is 2.55 bits per heavy atom. The fraction of sp³-hybridized carbons (Fsp3) is 0.500. The largest absolute Gasteiger partial charge is 0.353 e. The molecule has 2 fully saturated rings. The van der Waals surface area contributed by atoms with Crippen LogP contribution < -0.4 is 10.2 Å². The van der Waals surface area contributed by atoms with E-state index in [-0.39, 0.29) is 5.91 Å². The van der Waals surface area contributed by atoms with E-state index in [2.05, 4.69) is 37.8 Å². The van der Waals surface area contributed by atoms with Crippen molar-refractivity contribution in [2.75, 3.05) is 36.4 Å². The van der Waals surface area contributed by atoms with E-state index in [9.17, 15) is 4.79 Å². The number of piperazine rings is 1. The lowest BCUT2D eigenvalue weighted by molar-refractivity contribution is 0.0746. The van der Waals surface area contributed by atoms with Gasteiger partial charge in [0, 0.05) is 53.1 Å². The van der Waals surface area contributed by atoms with Crippen LogP contribution in [-0.2, 0) is 0 Å². The number of nitrogens with one attached hydrogen (secondary N) is 1. The Hall–Kier alpha value is -1.90. The van der Waals surface area contributed by atoms with Crippen molar-refractivity contribution in [1.29, 1.82) is 0 Å². The third-order valence-corrected chi connectivity index (χ3v) is 6.41. The fourth-order valence-corrected chi connectivity index (χ4v) is 4.69. The molecule has 4 rings (SSSR count). The summed E-state index contributed by atoms with van der Waals surface area (Å²) < 4.78 is 1.08. The van der Waals surface area contributed by atoms with Crippen molar-refractivity contribution < 1.29 is 4.79 Å². The van der Waals surface area contributed by atoms with E-state index in [0.29, 0.717) is 19.1 Å². The SMILES string of the molecule is Cc1cc(N2CCN(C(=O)c3cccc(I)c3)CC2)nc(NC2CCCCC2)n1. The minimum Gasteiger partial charge on any atom is -0.353 e. The minimum absolute atomic E-state index is 0.113. The zero-order valence-corrected chi connectivity index (χ0v) is 19.1. The molecule has 0 bridgehead atoms. The monoisotopic (exact) mass is 505 g/mol. The van der Waals surface area contributed by atoms with Gasteiger partial charge in [-0.2, -0.15) is 4.98 Å². The summed E-state index contributed by atoms with van der Waals surface area (Å²) in [5.41, 5.74) is 1.74. The van der Waals surface area contributed by atoms with Gasteiger partial charge < -0.3 is 15.1 Å². The molecule has 29 heavy (non-hydrogen) atoms. The van der Waals surface area contributed by atoms with Crippen LogP contribution in [0.1, 0.15) is 48.2 Å². The first kappa shape index (κ1) is 20.4. The first-order valence-corrected chi connectivity index (χ1v) is 11.6. The van der Waals surface area contributed by atoms with E-state index in [1.165, 1.54) is 32.1 Å². The van der Waals surface area contributed by atoms with Gasteiger partial charge in [0.05, 0.1) is 0 Å². The van der Waals surface area contributed by atoms with E-state index in [1.54, 1.807) is 0 Å². The average molecular weight is 505 g/mol. The molecule has 1 aliphatic carbocycles. The first-order valence-electron chi connectivity index (χ1n) is 10.5. The summed E-state index contributed by atoms with van der Waals surface area (Å²) in [7, 11) is 0. The molecule has 7 heteroatoms. The van der Waals surface area contributed by atoms with Gasteiger partial charge in [0.2, 0.25) is 5.95 Å². The normalized spacial score (nSPS) is 18.0. The van der Waals surface area contributed by atoms with Crippen LogP contribution >= 0.6 is 22.6 Å². The van der Waals surface area contributed by atoms with Crippen LogP contribution in [0, 0.1) is 10.5 Å². The van der Waals surface area contributed by atoms with Gasteiger partial charge in [0.1, 0.15) is 5.82 Å². The van der Waals surface area contributed by atoms with E-state index in [0.717, 1.165) is 39.7 Å². The molecule has 154 valence electrons. The molecule has 1 aromatic carbocycles. The second-order valence-electron chi connectivity index (χ2n) is 7.96. The standard InChI is InChI=1S/C22H28IN5O/c1-16-14-20(26-22(24-16)25-19-8-3-2-4-9-19)27-10-12-28(13-11-27)21(29)17-6-5-7-18(23)15-17/h5-7,14-15,19H,2-4,8-13H2,1H3,(H,24,25,26). The summed E-state index contributed by atoms with van der Waals surface area (Å²) in [5, 5.41) is 3.54. The van der Waals surface area contributed by atoms with Crippen LogP contribution in [0.15, 0.2) is 30.3 Å². The van der Waals surface area contributed by atoms with Gasteiger partial charge in [-0.15, -0.1) is 0 Å². The number of halogens is 1. The Balaban J connectivity index is 1.39. The number of hydrogen-bond acceptors (Lipinski definition) is 5. The highest BCUT2D eigenvalue weighted by Crippen LogP contribution is 2.23. The number of carbonyl (C=O) groups is 1. The van der Waals surface area contributed by atoms with Gasteiger partial charge in [-0.05, 0) is 60.6 Å². The molecule has 1 amide bonds. The maximum Gasteiger partial charge on any atom is 0.254 e. The average Bonchev–Trinajstić information content (AvgIpc) is 2.74. The molecule has 2 aromatic rings. The molecule has 1 aliphatic heterocycles. The van der Waals surface area contributed by atoms with Crippen molar-refractivity contribution in [2.45, 2.75) is 45.1 Å². The lowest BCUT2D eigenvalue weighted by Crippen LogP contribution is -2.49. The number of rotatable bonds is 4. The zero-order chi connectivity index (χ0) is 20.2. The number of aromatic nitrogens is 2. The third kappa shape index (κ3) is 5.18. The van der Waals surface area contributed by atoms with Crippen LogP contribution in [0.2, 0.25) is 0 Å². The van der Waals surface area contributed by atoms with Gasteiger partial charge in [-0.1, -0.05) is 25.3 Å². The summed E-state index contributed by atoms with van der Waals surface area (Å²) in [5.74, 6) is 1.81. The minimum atomic E-state index is 0.113. The Kier molecular flexibility index (Phi) is 6.52. The highest BCUT2D eigenvalue weighted by atomic mass is 127. The van der Waals surface area contributed by atoms with Gasteiger partial charge in [0.25, 0.3) is 5.91 Å². The number of amides is 1. The van der Waals surface area contributed by atoms with Crippen LogP contribution in [0.5, 0.6) is 0 Å². The molecule has 0 unspecified atom stereocenters. The summed E-state index contributed by atoms with van der Waals surface area (Å²) >= 11 is 2.25. The first-order chi connectivity index (χ1) is 14.1. The Morgan fingerprint density at radius 2 is 1.83 bits per heavy atom. The highest BCUT2D eigenvalue weighted by molar-refractivity contribution is 14.1. The number of anilines is 2. The smallest absolute Gasteiger partial charge is 0.254 e. The van der Waals surface area contributed by atoms with Gasteiger partial charge >= 0.3 is 0 Å². The Labute approximate surface area is 186 Å². The number of carbonyl (C=O) groups excluding carboxylic acids is 1. The molecule has 0 radical (unpaired) electrons. The molecule has 1 aromatic heterocycles. The van der Waals surface area contributed by atoms with Crippen LogP contribution in [0.3, 0.4) is 0 Å². The number of hydrogen-bond donors (Lipinski definition) is 1. The maximum atomic E-state index is 12.8. The van der Waals surface area contributed by atoms with Gasteiger partial charge in [-0.3, -0.25) is 4.79 Å². The van der Waals surface area contributed by atoms with Gasteiger partial charge in [0.15, 0.2) is 0 Å². The van der Waals surface area contributed by atoms with Crippen molar-refractivity contribution in [1.82, 2.24) is 14.9 Å². The van der Waals surface area contributed by atoms with E-state index in [4.69, 9.17) is 4.98 Å². The Morgan fingerprint density at radius 1 is 1.07 bits per heavy atom. The molecule has 2 aliphatic rings. The lowest BCUT2D eigenvalue weighted by Gasteiger charge is -2.35. The number of nitrogens with zero attached hydrogens (tertiary/aromatic N) is 4. The second kappa shape index (κ2) is 9.28. The summed E-state index contributed by atoms with van der Waals surface area (Å²) in [6.07, 6.45) is 6.31. The Bertz CT molecular complexity index is 860.